The summed E-state index contributed by atoms with van der Waals surface area (Å²) in [5.74, 6) is 1.93. The fraction of sp³-hybridized carbons (Fsp3) is 0.240. The molecular weight excluding hydrogens is 404 g/mol. The molecule has 32 heavy (non-hydrogen) atoms. The molecule has 7 heteroatoms. The summed E-state index contributed by atoms with van der Waals surface area (Å²) in [4.78, 5) is 16.7. The van der Waals surface area contributed by atoms with Crippen molar-refractivity contribution < 1.29 is 13.9 Å². The number of carbonyl (C=O) groups excluding carboxylic acids is 1. The number of hydrogen-bond acceptors (Lipinski definition) is 5. The van der Waals surface area contributed by atoms with Gasteiger partial charge in [-0.25, -0.2) is 9.67 Å². The van der Waals surface area contributed by atoms with Crippen LogP contribution in [-0.4, -0.2) is 27.8 Å². The number of amides is 1. The van der Waals surface area contributed by atoms with Gasteiger partial charge in [-0.1, -0.05) is 18.2 Å². The highest BCUT2D eigenvalue weighted by molar-refractivity contribution is 5.76. The van der Waals surface area contributed by atoms with Gasteiger partial charge >= 0.3 is 0 Å². The van der Waals surface area contributed by atoms with Crippen LogP contribution in [0.4, 0.5) is 0 Å². The zero-order valence-electron chi connectivity index (χ0n) is 18.5. The molecule has 2 heterocycles. The first-order chi connectivity index (χ1) is 15.5. The summed E-state index contributed by atoms with van der Waals surface area (Å²) in [5, 5.41) is 7.62. The van der Waals surface area contributed by atoms with Crippen molar-refractivity contribution in [3.8, 4) is 22.8 Å². The third-order valence-electron chi connectivity index (χ3n) is 5.40. The number of aromatic nitrogens is 3. The zero-order chi connectivity index (χ0) is 22.5. The molecule has 0 aliphatic carbocycles. The molecule has 1 N–H and O–H groups in total. The summed E-state index contributed by atoms with van der Waals surface area (Å²) in [5.41, 5.74) is 4.87. The Labute approximate surface area is 187 Å². The van der Waals surface area contributed by atoms with Crippen LogP contribution in [0.15, 0.2) is 65.2 Å². The van der Waals surface area contributed by atoms with E-state index < -0.39 is 0 Å². The Morgan fingerprint density at radius 2 is 1.84 bits per heavy atom. The standard InChI is InChI=1S/C25H26N4O3/c1-17-22(18(2)29(28-17)20-7-5-4-6-8-20)15-26-24(30)13-14-25-27-16-23(32-25)19-9-11-21(31-3)12-10-19/h4-12,16H,13-15H2,1-3H3,(H,26,30). The molecule has 0 atom stereocenters. The van der Waals surface area contributed by atoms with Gasteiger partial charge in [-0.15, -0.1) is 0 Å². The SMILES string of the molecule is COc1ccc(-c2cnc(CCC(=O)NCc3c(C)nn(-c4ccccc4)c3C)o2)cc1. The number of carbonyl (C=O) groups is 1. The molecule has 4 rings (SSSR count). The molecule has 0 saturated carbocycles. The van der Waals surface area contributed by atoms with Crippen LogP contribution in [0.3, 0.4) is 0 Å². The number of nitrogens with zero attached hydrogens (tertiary/aromatic N) is 3. The maximum atomic E-state index is 12.4. The van der Waals surface area contributed by atoms with Crippen molar-refractivity contribution in [3.05, 3.63) is 83.6 Å². The van der Waals surface area contributed by atoms with Gasteiger partial charge < -0.3 is 14.5 Å². The van der Waals surface area contributed by atoms with Gasteiger partial charge in [-0.05, 0) is 50.2 Å². The van der Waals surface area contributed by atoms with Crippen molar-refractivity contribution in [1.82, 2.24) is 20.1 Å². The average Bonchev–Trinajstić information content (AvgIpc) is 3.41. The Hall–Kier alpha value is -3.87. The van der Waals surface area contributed by atoms with Crippen LogP contribution in [0.5, 0.6) is 5.75 Å². The van der Waals surface area contributed by atoms with Gasteiger partial charge in [0.15, 0.2) is 11.7 Å². The van der Waals surface area contributed by atoms with Crippen LogP contribution in [0.25, 0.3) is 17.0 Å². The molecule has 0 bridgehead atoms. The Kier molecular flexibility index (Phi) is 6.35. The van der Waals surface area contributed by atoms with Crippen LogP contribution in [0.2, 0.25) is 0 Å². The Morgan fingerprint density at radius 1 is 1.09 bits per heavy atom. The summed E-state index contributed by atoms with van der Waals surface area (Å²) < 4.78 is 12.9. The summed E-state index contributed by atoms with van der Waals surface area (Å²) in [6.45, 7) is 4.41. The zero-order valence-corrected chi connectivity index (χ0v) is 18.5. The topological polar surface area (TPSA) is 82.2 Å². The second-order valence-electron chi connectivity index (χ2n) is 7.52. The lowest BCUT2D eigenvalue weighted by molar-refractivity contribution is -0.121. The highest BCUT2D eigenvalue weighted by Crippen LogP contribution is 2.23. The molecule has 1 amide bonds. The highest BCUT2D eigenvalue weighted by atomic mass is 16.5. The van der Waals surface area contributed by atoms with Crippen molar-refractivity contribution >= 4 is 5.91 Å². The predicted octanol–water partition coefficient (Wildman–Crippen LogP) is 4.40. The van der Waals surface area contributed by atoms with E-state index in [1.165, 1.54) is 0 Å². The maximum absolute atomic E-state index is 12.4. The monoisotopic (exact) mass is 430 g/mol. The van der Waals surface area contributed by atoms with Gasteiger partial charge in [0.2, 0.25) is 5.91 Å². The minimum atomic E-state index is -0.0551. The van der Waals surface area contributed by atoms with Gasteiger partial charge in [0.05, 0.1) is 24.7 Å². The van der Waals surface area contributed by atoms with Crippen LogP contribution >= 0.6 is 0 Å². The first kappa shape index (κ1) is 21.4. The lowest BCUT2D eigenvalue weighted by Gasteiger charge is -2.07. The molecule has 0 fully saturated rings. The third kappa shape index (κ3) is 4.72. The predicted molar refractivity (Wildman–Crippen MR) is 122 cm³/mol. The van der Waals surface area contributed by atoms with Crippen molar-refractivity contribution in [2.45, 2.75) is 33.2 Å². The van der Waals surface area contributed by atoms with Crippen LogP contribution in [0, 0.1) is 13.8 Å². The molecule has 0 aliphatic rings. The fourth-order valence-electron chi connectivity index (χ4n) is 3.56. The summed E-state index contributed by atoms with van der Waals surface area (Å²) in [7, 11) is 1.63. The number of nitrogens with one attached hydrogen (secondary N) is 1. The molecule has 164 valence electrons. The molecule has 0 spiro atoms. The van der Waals surface area contributed by atoms with E-state index in [9.17, 15) is 4.79 Å². The van der Waals surface area contributed by atoms with E-state index in [4.69, 9.17) is 9.15 Å². The minimum Gasteiger partial charge on any atom is -0.497 e. The van der Waals surface area contributed by atoms with Gasteiger partial charge in [0.1, 0.15) is 5.75 Å². The first-order valence-corrected chi connectivity index (χ1v) is 10.5. The van der Waals surface area contributed by atoms with E-state index in [1.54, 1.807) is 13.3 Å². The number of rotatable bonds is 8. The van der Waals surface area contributed by atoms with E-state index in [-0.39, 0.29) is 5.91 Å². The van der Waals surface area contributed by atoms with Crippen molar-refractivity contribution in [1.29, 1.82) is 0 Å². The maximum Gasteiger partial charge on any atom is 0.220 e. The number of benzene rings is 2. The number of ether oxygens (including phenoxy) is 1. The molecule has 0 unspecified atom stereocenters. The number of hydrogen-bond donors (Lipinski definition) is 1. The first-order valence-electron chi connectivity index (χ1n) is 10.5. The van der Waals surface area contributed by atoms with E-state index >= 15 is 0 Å². The molecule has 2 aromatic heterocycles. The third-order valence-corrected chi connectivity index (χ3v) is 5.40. The Morgan fingerprint density at radius 3 is 2.56 bits per heavy atom. The van der Waals surface area contributed by atoms with Crippen molar-refractivity contribution in [2.24, 2.45) is 0 Å². The second-order valence-corrected chi connectivity index (χ2v) is 7.52. The number of oxazole rings is 1. The quantitative estimate of drug-likeness (QED) is 0.448. The van der Waals surface area contributed by atoms with Crippen LogP contribution in [-0.2, 0) is 17.8 Å². The van der Waals surface area contributed by atoms with E-state index in [1.807, 2.05) is 73.1 Å². The fourth-order valence-corrected chi connectivity index (χ4v) is 3.56. The largest absolute Gasteiger partial charge is 0.497 e. The smallest absolute Gasteiger partial charge is 0.220 e. The van der Waals surface area contributed by atoms with E-state index in [2.05, 4.69) is 15.4 Å². The summed E-state index contributed by atoms with van der Waals surface area (Å²) in [6, 6.07) is 17.5. The molecule has 2 aromatic carbocycles. The summed E-state index contributed by atoms with van der Waals surface area (Å²) >= 11 is 0. The van der Waals surface area contributed by atoms with Gasteiger partial charge in [0, 0.05) is 36.2 Å². The normalized spacial score (nSPS) is 10.8. The molecule has 7 nitrogen and oxygen atoms in total. The van der Waals surface area contributed by atoms with E-state index in [0.717, 1.165) is 34.0 Å². The number of methoxy groups -OCH3 is 1. The average molecular weight is 431 g/mol. The lowest BCUT2D eigenvalue weighted by atomic mass is 10.2. The molecule has 4 aromatic rings. The molecule has 0 saturated heterocycles. The molecule has 0 aliphatic heterocycles. The van der Waals surface area contributed by atoms with E-state index in [0.29, 0.717) is 31.0 Å². The summed E-state index contributed by atoms with van der Waals surface area (Å²) in [6.07, 6.45) is 2.41. The molecule has 0 radical (unpaired) electrons. The van der Waals surface area contributed by atoms with Crippen molar-refractivity contribution in [2.75, 3.05) is 7.11 Å². The number of aryl methyl sites for hydroxylation is 2. The Balaban J connectivity index is 1.32. The van der Waals surface area contributed by atoms with Gasteiger partial charge in [-0.2, -0.15) is 5.10 Å². The Bertz CT molecular complexity index is 1190. The van der Waals surface area contributed by atoms with Crippen LogP contribution < -0.4 is 10.1 Å². The molecular formula is C25H26N4O3. The second kappa shape index (κ2) is 9.51. The lowest BCUT2D eigenvalue weighted by Crippen LogP contribution is -2.23. The number of para-hydroxylation sites is 1. The van der Waals surface area contributed by atoms with Crippen LogP contribution in [0.1, 0.15) is 29.3 Å². The highest BCUT2D eigenvalue weighted by Gasteiger charge is 2.14. The minimum absolute atomic E-state index is 0.0551. The van der Waals surface area contributed by atoms with Crippen molar-refractivity contribution in [3.63, 3.8) is 0 Å². The van der Waals surface area contributed by atoms with Gasteiger partial charge in [-0.3, -0.25) is 4.79 Å². The van der Waals surface area contributed by atoms with Gasteiger partial charge in [0.25, 0.3) is 0 Å².